The SMILES string of the molecule is CC(c1ccc(O[Si](C)(C)C)cc1)C(N=C=O)C(=O)O. The molecule has 108 valence electrons. The van der Waals surface area contributed by atoms with E-state index in [1.807, 2.05) is 12.1 Å². The van der Waals surface area contributed by atoms with E-state index >= 15 is 0 Å². The van der Waals surface area contributed by atoms with Crippen LogP contribution in [0.4, 0.5) is 0 Å². The minimum Gasteiger partial charge on any atom is -0.544 e. The standard InChI is InChI=1S/C14H19NO4Si/c1-10(13(14(17)18)15-9-16)11-5-7-12(8-6-11)19-20(2,3)4/h5-8,10,13H,1-4H3,(H,17,18). The molecule has 0 aliphatic rings. The normalized spacial score (nSPS) is 14.0. The minimum absolute atomic E-state index is 0.408. The summed E-state index contributed by atoms with van der Waals surface area (Å²) in [6.07, 6.45) is 1.32. The molecule has 2 unspecified atom stereocenters. The van der Waals surface area contributed by atoms with E-state index in [0.717, 1.165) is 11.3 Å². The monoisotopic (exact) mass is 293 g/mol. The van der Waals surface area contributed by atoms with Crippen molar-refractivity contribution in [3.05, 3.63) is 29.8 Å². The van der Waals surface area contributed by atoms with E-state index in [2.05, 4.69) is 24.6 Å². The number of carboxylic acid groups (broad SMARTS) is 1. The molecule has 0 aliphatic carbocycles. The first-order chi connectivity index (χ1) is 9.24. The van der Waals surface area contributed by atoms with Gasteiger partial charge in [-0.15, -0.1) is 0 Å². The van der Waals surface area contributed by atoms with Gasteiger partial charge in [0.05, 0.1) is 0 Å². The topological polar surface area (TPSA) is 76.0 Å². The third-order valence-corrected chi connectivity index (χ3v) is 3.60. The van der Waals surface area contributed by atoms with Gasteiger partial charge in [-0.3, -0.25) is 0 Å². The molecule has 1 aromatic carbocycles. The largest absolute Gasteiger partial charge is 0.544 e. The van der Waals surface area contributed by atoms with Gasteiger partial charge in [0, 0.05) is 5.92 Å². The van der Waals surface area contributed by atoms with Crippen LogP contribution < -0.4 is 4.43 Å². The van der Waals surface area contributed by atoms with E-state index in [1.165, 1.54) is 6.08 Å². The summed E-state index contributed by atoms with van der Waals surface area (Å²) >= 11 is 0. The molecule has 0 amide bonds. The number of isocyanates is 1. The van der Waals surface area contributed by atoms with Gasteiger partial charge in [-0.25, -0.2) is 9.59 Å². The Morgan fingerprint density at radius 2 is 1.85 bits per heavy atom. The number of nitrogens with zero attached hydrogens (tertiary/aromatic N) is 1. The molecule has 6 heteroatoms. The Morgan fingerprint density at radius 1 is 1.30 bits per heavy atom. The summed E-state index contributed by atoms with van der Waals surface area (Å²) in [5, 5.41) is 9.05. The molecule has 0 saturated heterocycles. The van der Waals surface area contributed by atoms with Gasteiger partial charge in [-0.05, 0) is 37.3 Å². The first kappa shape index (κ1) is 16.1. The van der Waals surface area contributed by atoms with Crippen molar-refractivity contribution in [3.8, 4) is 5.75 Å². The van der Waals surface area contributed by atoms with E-state index in [-0.39, 0.29) is 0 Å². The fourth-order valence-electron chi connectivity index (χ4n) is 1.81. The van der Waals surface area contributed by atoms with Gasteiger partial charge in [0.1, 0.15) is 5.75 Å². The lowest BCUT2D eigenvalue weighted by Gasteiger charge is -2.20. The molecule has 0 fully saturated rings. The molecule has 1 N–H and O–H groups in total. The van der Waals surface area contributed by atoms with Crippen molar-refractivity contribution in [1.29, 1.82) is 0 Å². The number of hydrogen-bond acceptors (Lipinski definition) is 4. The Morgan fingerprint density at radius 3 is 2.25 bits per heavy atom. The van der Waals surface area contributed by atoms with Crippen LogP contribution in [0.1, 0.15) is 18.4 Å². The molecule has 0 radical (unpaired) electrons. The van der Waals surface area contributed by atoms with Crippen LogP contribution in [-0.2, 0) is 9.59 Å². The van der Waals surface area contributed by atoms with Gasteiger partial charge in [0.25, 0.3) is 0 Å². The van der Waals surface area contributed by atoms with Gasteiger partial charge in [0.2, 0.25) is 14.4 Å². The van der Waals surface area contributed by atoms with Crippen LogP contribution in [0.25, 0.3) is 0 Å². The highest BCUT2D eigenvalue weighted by atomic mass is 28.4. The molecule has 0 heterocycles. The predicted octanol–water partition coefficient (Wildman–Crippen LogP) is 2.79. The lowest BCUT2D eigenvalue weighted by atomic mass is 9.94. The van der Waals surface area contributed by atoms with Crippen molar-refractivity contribution in [3.63, 3.8) is 0 Å². The van der Waals surface area contributed by atoms with Crippen molar-refractivity contribution >= 4 is 20.4 Å². The second-order valence-corrected chi connectivity index (χ2v) is 10.0. The van der Waals surface area contributed by atoms with E-state index < -0.39 is 26.2 Å². The van der Waals surface area contributed by atoms with Crippen LogP contribution in [0.2, 0.25) is 19.6 Å². The van der Waals surface area contributed by atoms with E-state index in [1.54, 1.807) is 19.1 Å². The highest BCUT2D eigenvalue weighted by Gasteiger charge is 2.25. The quantitative estimate of drug-likeness (QED) is 0.497. The van der Waals surface area contributed by atoms with E-state index in [4.69, 9.17) is 9.53 Å². The second-order valence-electron chi connectivity index (χ2n) is 5.58. The van der Waals surface area contributed by atoms with Gasteiger partial charge in [0.15, 0.2) is 6.04 Å². The van der Waals surface area contributed by atoms with Crippen LogP contribution in [0.3, 0.4) is 0 Å². The Kier molecular flexibility index (Phi) is 5.24. The van der Waals surface area contributed by atoms with E-state index in [9.17, 15) is 9.59 Å². The molecule has 1 rings (SSSR count). The molecule has 1 aromatic rings. The fraction of sp³-hybridized carbons (Fsp3) is 0.429. The summed E-state index contributed by atoms with van der Waals surface area (Å²) in [6.45, 7) is 7.97. The first-order valence-electron chi connectivity index (χ1n) is 6.33. The lowest BCUT2D eigenvalue weighted by Crippen LogP contribution is -2.29. The van der Waals surface area contributed by atoms with Crippen molar-refractivity contribution in [2.24, 2.45) is 4.99 Å². The lowest BCUT2D eigenvalue weighted by molar-refractivity contribution is -0.138. The highest BCUT2D eigenvalue weighted by Crippen LogP contribution is 2.25. The Bertz CT molecular complexity index is 513. The maximum Gasteiger partial charge on any atom is 0.330 e. The zero-order valence-corrected chi connectivity index (χ0v) is 13.1. The van der Waals surface area contributed by atoms with Crippen molar-refractivity contribution < 1.29 is 19.1 Å². The molecule has 0 aromatic heterocycles. The number of rotatable bonds is 6. The van der Waals surface area contributed by atoms with Gasteiger partial charge in [-0.1, -0.05) is 19.1 Å². The number of carbonyl (C=O) groups excluding carboxylic acids is 1. The Balaban J connectivity index is 2.92. The minimum atomic E-state index is -1.66. The number of aliphatic carboxylic acids is 1. The van der Waals surface area contributed by atoms with Gasteiger partial charge < -0.3 is 9.53 Å². The Labute approximate surface area is 119 Å². The summed E-state index contributed by atoms with van der Waals surface area (Å²) in [5.41, 5.74) is 0.791. The highest BCUT2D eigenvalue weighted by molar-refractivity contribution is 6.70. The average Bonchev–Trinajstić information content (AvgIpc) is 2.33. The number of benzene rings is 1. The predicted molar refractivity (Wildman–Crippen MR) is 78.4 cm³/mol. The molecule has 0 spiro atoms. The number of carbonyl (C=O) groups is 1. The third kappa shape index (κ3) is 4.64. The summed E-state index contributed by atoms with van der Waals surface area (Å²) < 4.78 is 5.83. The summed E-state index contributed by atoms with van der Waals surface area (Å²) in [4.78, 5) is 24.7. The van der Waals surface area contributed by atoms with Crippen LogP contribution >= 0.6 is 0 Å². The van der Waals surface area contributed by atoms with Crippen LogP contribution in [0.15, 0.2) is 29.3 Å². The summed E-state index contributed by atoms with van der Waals surface area (Å²) in [6, 6.07) is 6.12. The maximum absolute atomic E-state index is 11.1. The second kappa shape index (κ2) is 6.50. The molecular weight excluding hydrogens is 274 g/mol. The fourth-order valence-corrected chi connectivity index (χ4v) is 2.66. The number of carboxylic acids is 1. The third-order valence-electron chi connectivity index (χ3n) is 2.75. The van der Waals surface area contributed by atoms with Crippen LogP contribution in [-0.4, -0.2) is 31.5 Å². The van der Waals surface area contributed by atoms with Crippen molar-refractivity contribution in [2.75, 3.05) is 0 Å². The summed E-state index contributed by atoms with van der Waals surface area (Å²) in [7, 11) is -1.66. The molecule has 2 atom stereocenters. The molecule has 5 nitrogen and oxygen atoms in total. The molecule has 0 saturated carbocycles. The zero-order chi connectivity index (χ0) is 15.3. The summed E-state index contributed by atoms with van der Waals surface area (Å²) in [5.74, 6) is -0.774. The molecule has 20 heavy (non-hydrogen) atoms. The van der Waals surface area contributed by atoms with E-state index in [0.29, 0.717) is 0 Å². The molecule has 0 aliphatic heterocycles. The smallest absolute Gasteiger partial charge is 0.330 e. The molecule has 0 bridgehead atoms. The Hall–Kier alpha value is -1.91. The average molecular weight is 293 g/mol. The zero-order valence-electron chi connectivity index (χ0n) is 12.1. The van der Waals surface area contributed by atoms with Crippen LogP contribution in [0.5, 0.6) is 5.75 Å². The van der Waals surface area contributed by atoms with Gasteiger partial charge >= 0.3 is 5.97 Å². The van der Waals surface area contributed by atoms with Crippen molar-refractivity contribution in [2.45, 2.75) is 38.5 Å². The van der Waals surface area contributed by atoms with Crippen molar-refractivity contribution in [1.82, 2.24) is 0 Å². The number of aliphatic imine (C=N–C) groups is 1. The number of hydrogen-bond donors (Lipinski definition) is 1. The van der Waals surface area contributed by atoms with Gasteiger partial charge in [-0.2, -0.15) is 4.99 Å². The maximum atomic E-state index is 11.1. The van der Waals surface area contributed by atoms with Crippen LogP contribution in [0, 0.1) is 0 Å². The first-order valence-corrected chi connectivity index (χ1v) is 9.74. The molecular formula is C14H19NO4Si.